The Morgan fingerprint density at radius 2 is 2.00 bits per heavy atom. The fraction of sp³-hybridized carbons (Fsp3) is 0.667. The number of hydrogen-bond donors (Lipinski definition) is 1. The van der Waals surface area contributed by atoms with Crippen LogP contribution in [0.4, 0.5) is 5.95 Å². The van der Waals surface area contributed by atoms with Crippen molar-refractivity contribution in [3.05, 3.63) is 18.0 Å². The Kier molecular flexibility index (Phi) is 4.23. The third-order valence-electron chi connectivity index (χ3n) is 3.19. The van der Waals surface area contributed by atoms with Crippen LogP contribution >= 0.6 is 11.8 Å². The summed E-state index contributed by atoms with van der Waals surface area (Å²) in [5.74, 6) is 0.718. The van der Waals surface area contributed by atoms with Gasteiger partial charge < -0.3 is 10.1 Å². The quantitative estimate of drug-likeness (QED) is 0.890. The normalized spacial score (nSPS) is 18.9. The van der Waals surface area contributed by atoms with Crippen LogP contribution in [-0.4, -0.2) is 40.7 Å². The molecular formula is C12H19N3OS. The number of thioether (sulfide) groups is 1. The van der Waals surface area contributed by atoms with Crippen molar-refractivity contribution >= 4 is 17.7 Å². The predicted octanol–water partition coefficient (Wildman–Crippen LogP) is 2.11. The number of nitrogens with zero attached hydrogens (tertiary/aromatic N) is 2. The van der Waals surface area contributed by atoms with Gasteiger partial charge in [0.05, 0.1) is 0 Å². The molecule has 1 aromatic heterocycles. The second-order valence-electron chi connectivity index (χ2n) is 4.44. The molecule has 0 aromatic carbocycles. The van der Waals surface area contributed by atoms with E-state index in [1.807, 2.05) is 31.1 Å². The molecule has 2 heterocycles. The van der Waals surface area contributed by atoms with E-state index >= 15 is 0 Å². The van der Waals surface area contributed by atoms with Crippen LogP contribution in [0.5, 0.6) is 0 Å². The number of aromatic nitrogens is 2. The molecule has 0 unspecified atom stereocenters. The molecule has 0 spiro atoms. The van der Waals surface area contributed by atoms with Gasteiger partial charge in [-0.3, -0.25) is 0 Å². The van der Waals surface area contributed by atoms with Gasteiger partial charge in [-0.15, -0.1) is 0 Å². The van der Waals surface area contributed by atoms with E-state index in [1.165, 1.54) is 0 Å². The van der Waals surface area contributed by atoms with E-state index < -0.39 is 0 Å². The Morgan fingerprint density at radius 1 is 1.35 bits per heavy atom. The molecule has 0 bridgehead atoms. The molecule has 4 nitrogen and oxygen atoms in total. The lowest BCUT2D eigenvalue weighted by molar-refractivity contribution is 0.0802. The minimum atomic E-state index is 0.270. The minimum Gasteiger partial charge on any atom is -0.381 e. The van der Waals surface area contributed by atoms with Crippen molar-refractivity contribution in [3.8, 4) is 0 Å². The van der Waals surface area contributed by atoms with Crippen molar-refractivity contribution in [2.75, 3.05) is 31.3 Å². The number of ether oxygens (including phenoxy) is 1. The summed E-state index contributed by atoms with van der Waals surface area (Å²) in [6, 6.07) is 0. The molecule has 0 radical (unpaired) electrons. The molecule has 2 rings (SSSR count). The second kappa shape index (κ2) is 5.69. The summed E-state index contributed by atoms with van der Waals surface area (Å²) in [6.07, 6.45) is 8.03. The van der Waals surface area contributed by atoms with Gasteiger partial charge in [-0.25, -0.2) is 9.97 Å². The summed E-state index contributed by atoms with van der Waals surface area (Å²) in [4.78, 5) is 8.53. The topological polar surface area (TPSA) is 47.0 Å². The fourth-order valence-corrected chi connectivity index (χ4v) is 2.71. The Balaban J connectivity index is 1.93. The summed E-state index contributed by atoms with van der Waals surface area (Å²) in [5.41, 5.74) is 1.08. The molecule has 94 valence electrons. The summed E-state index contributed by atoms with van der Waals surface area (Å²) in [7, 11) is 0. The third-order valence-corrected chi connectivity index (χ3v) is 4.61. The lowest BCUT2D eigenvalue weighted by atomic mass is 9.99. The second-order valence-corrected chi connectivity index (χ2v) is 5.71. The number of rotatable bonds is 4. The average Bonchev–Trinajstić information content (AvgIpc) is 2.39. The minimum absolute atomic E-state index is 0.270. The highest BCUT2D eigenvalue weighted by Gasteiger charge is 2.31. The van der Waals surface area contributed by atoms with Crippen LogP contribution in [0.1, 0.15) is 18.4 Å². The van der Waals surface area contributed by atoms with Gasteiger partial charge in [-0.05, 0) is 31.6 Å². The van der Waals surface area contributed by atoms with E-state index in [2.05, 4.69) is 21.5 Å². The van der Waals surface area contributed by atoms with E-state index in [9.17, 15) is 0 Å². The highest BCUT2D eigenvalue weighted by Crippen LogP contribution is 2.33. The maximum atomic E-state index is 5.42. The first-order valence-electron chi connectivity index (χ1n) is 5.89. The van der Waals surface area contributed by atoms with Gasteiger partial charge in [0.2, 0.25) is 5.95 Å². The molecule has 1 aliphatic heterocycles. The van der Waals surface area contributed by atoms with Gasteiger partial charge in [-0.1, -0.05) is 0 Å². The van der Waals surface area contributed by atoms with Crippen molar-refractivity contribution in [1.82, 2.24) is 9.97 Å². The van der Waals surface area contributed by atoms with Crippen molar-refractivity contribution in [2.45, 2.75) is 24.5 Å². The maximum Gasteiger partial charge on any atom is 0.222 e. The Labute approximate surface area is 107 Å². The van der Waals surface area contributed by atoms with Crippen molar-refractivity contribution in [2.24, 2.45) is 0 Å². The molecule has 5 heteroatoms. The number of anilines is 1. The van der Waals surface area contributed by atoms with Gasteiger partial charge >= 0.3 is 0 Å². The highest BCUT2D eigenvalue weighted by molar-refractivity contribution is 8.00. The zero-order valence-corrected chi connectivity index (χ0v) is 11.2. The summed E-state index contributed by atoms with van der Waals surface area (Å²) >= 11 is 1.92. The van der Waals surface area contributed by atoms with E-state index in [0.29, 0.717) is 0 Å². The first-order valence-corrected chi connectivity index (χ1v) is 7.12. The van der Waals surface area contributed by atoms with Gasteiger partial charge in [0, 0.05) is 36.9 Å². The van der Waals surface area contributed by atoms with Crippen LogP contribution in [-0.2, 0) is 4.74 Å². The maximum absolute atomic E-state index is 5.42. The standard InChI is InChI=1S/C12H19N3OS/c1-10-7-13-11(14-8-10)15-9-12(17-2)3-5-16-6-4-12/h7-8H,3-6,9H2,1-2H3,(H,13,14,15). The first-order chi connectivity index (χ1) is 8.24. The molecule has 1 aromatic rings. The van der Waals surface area contributed by atoms with E-state index in [1.54, 1.807) is 0 Å². The number of nitrogens with one attached hydrogen (secondary N) is 1. The highest BCUT2D eigenvalue weighted by atomic mass is 32.2. The van der Waals surface area contributed by atoms with E-state index in [-0.39, 0.29) is 4.75 Å². The predicted molar refractivity (Wildman–Crippen MR) is 71.6 cm³/mol. The van der Waals surface area contributed by atoms with Crippen LogP contribution in [0.25, 0.3) is 0 Å². The van der Waals surface area contributed by atoms with Crippen LogP contribution in [0, 0.1) is 6.92 Å². The van der Waals surface area contributed by atoms with Crippen LogP contribution in [0.3, 0.4) is 0 Å². The monoisotopic (exact) mass is 253 g/mol. The van der Waals surface area contributed by atoms with Crippen molar-refractivity contribution in [3.63, 3.8) is 0 Å². The zero-order valence-electron chi connectivity index (χ0n) is 10.4. The molecule has 0 atom stereocenters. The van der Waals surface area contributed by atoms with E-state index in [0.717, 1.165) is 44.1 Å². The van der Waals surface area contributed by atoms with Crippen LogP contribution in [0.15, 0.2) is 12.4 Å². The van der Waals surface area contributed by atoms with Crippen molar-refractivity contribution < 1.29 is 4.74 Å². The summed E-state index contributed by atoms with van der Waals surface area (Å²) < 4.78 is 5.69. The zero-order chi connectivity index (χ0) is 12.1. The van der Waals surface area contributed by atoms with Gasteiger partial charge in [0.25, 0.3) is 0 Å². The molecule has 17 heavy (non-hydrogen) atoms. The largest absolute Gasteiger partial charge is 0.381 e. The van der Waals surface area contributed by atoms with E-state index in [4.69, 9.17) is 4.74 Å². The average molecular weight is 253 g/mol. The number of hydrogen-bond acceptors (Lipinski definition) is 5. The SMILES string of the molecule is CSC1(CNc2ncc(C)cn2)CCOCC1. The molecule has 1 saturated heterocycles. The molecular weight excluding hydrogens is 234 g/mol. The molecule has 0 aliphatic carbocycles. The Morgan fingerprint density at radius 3 is 2.59 bits per heavy atom. The molecule has 0 amide bonds. The smallest absolute Gasteiger partial charge is 0.222 e. The Bertz CT molecular complexity index is 349. The summed E-state index contributed by atoms with van der Waals surface area (Å²) in [5, 5.41) is 3.33. The molecule has 1 fully saturated rings. The molecule has 1 aliphatic rings. The van der Waals surface area contributed by atoms with Crippen molar-refractivity contribution in [1.29, 1.82) is 0 Å². The lowest BCUT2D eigenvalue weighted by Gasteiger charge is -2.35. The van der Waals surface area contributed by atoms with Gasteiger partial charge in [0.15, 0.2) is 0 Å². The summed E-state index contributed by atoms with van der Waals surface area (Å²) in [6.45, 7) is 4.61. The van der Waals surface area contributed by atoms with Gasteiger partial charge in [0.1, 0.15) is 0 Å². The van der Waals surface area contributed by atoms with Gasteiger partial charge in [-0.2, -0.15) is 11.8 Å². The lowest BCUT2D eigenvalue weighted by Crippen LogP contribution is -2.39. The first kappa shape index (κ1) is 12.6. The molecule has 1 N–H and O–H groups in total. The molecule has 0 saturated carbocycles. The van der Waals surface area contributed by atoms with Crippen LogP contribution < -0.4 is 5.32 Å². The third kappa shape index (κ3) is 3.33. The Hall–Kier alpha value is -0.810. The number of aryl methyl sites for hydroxylation is 1. The fourth-order valence-electron chi connectivity index (χ4n) is 1.92. The van der Waals surface area contributed by atoms with Crippen LogP contribution in [0.2, 0.25) is 0 Å².